The van der Waals surface area contributed by atoms with E-state index in [9.17, 15) is 13.2 Å². The largest absolute Gasteiger partial charge is 0.496 e. The van der Waals surface area contributed by atoms with Crippen molar-refractivity contribution in [3.8, 4) is 5.75 Å². The van der Waals surface area contributed by atoms with Crippen molar-refractivity contribution in [1.82, 2.24) is 4.90 Å². The van der Waals surface area contributed by atoms with Crippen molar-refractivity contribution >= 4 is 15.7 Å². The van der Waals surface area contributed by atoms with Crippen LogP contribution in [0.5, 0.6) is 5.75 Å². The molecule has 5 nitrogen and oxygen atoms in total. The predicted molar refractivity (Wildman–Crippen MR) is 91.0 cm³/mol. The average Bonchev–Trinajstić information content (AvgIpc) is 2.85. The van der Waals surface area contributed by atoms with E-state index in [0.29, 0.717) is 12.0 Å². The van der Waals surface area contributed by atoms with Crippen LogP contribution in [0.15, 0.2) is 12.1 Å². The Morgan fingerprint density at radius 2 is 2.00 bits per heavy atom. The molecule has 1 fully saturated rings. The summed E-state index contributed by atoms with van der Waals surface area (Å²) < 4.78 is 28.7. The molecule has 1 atom stereocenters. The zero-order chi connectivity index (χ0) is 17.4. The fraction of sp³-hybridized carbons (Fsp3) is 0.588. The second kappa shape index (κ2) is 6.51. The van der Waals surface area contributed by atoms with E-state index in [0.717, 1.165) is 16.9 Å². The van der Waals surface area contributed by atoms with Crippen LogP contribution in [0.25, 0.3) is 0 Å². The van der Waals surface area contributed by atoms with Crippen LogP contribution in [0.2, 0.25) is 0 Å². The Kier molecular flexibility index (Phi) is 5.04. The first-order chi connectivity index (χ1) is 10.7. The summed E-state index contributed by atoms with van der Waals surface area (Å²) in [7, 11) is 0.297. The first-order valence-electron chi connectivity index (χ1n) is 7.82. The molecular formula is C17H25NO4S. The van der Waals surface area contributed by atoms with Crippen LogP contribution in [0, 0.1) is 6.92 Å². The fourth-order valence-corrected chi connectivity index (χ4v) is 4.77. The number of rotatable bonds is 4. The molecule has 6 heteroatoms. The van der Waals surface area contributed by atoms with Gasteiger partial charge in [-0.1, -0.05) is 13.8 Å². The second-order valence-corrected chi connectivity index (χ2v) is 8.77. The van der Waals surface area contributed by atoms with Gasteiger partial charge in [0.25, 0.3) is 5.91 Å². The molecule has 0 aromatic heterocycles. The molecule has 2 rings (SSSR count). The van der Waals surface area contributed by atoms with Gasteiger partial charge in [-0.25, -0.2) is 8.42 Å². The van der Waals surface area contributed by atoms with Crippen molar-refractivity contribution in [3.63, 3.8) is 0 Å². The first kappa shape index (κ1) is 17.8. The molecule has 0 radical (unpaired) electrons. The minimum atomic E-state index is -3.01. The molecule has 1 aromatic carbocycles. The molecule has 23 heavy (non-hydrogen) atoms. The van der Waals surface area contributed by atoms with Crippen LogP contribution in [0.1, 0.15) is 47.7 Å². The quantitative estimate of drug-likeness (QED) is 0.845. The lowest BCUT2D eigenvalue weighted by Crippen LogP contribution is -2.38. The number of hydrogen-bond acceptors (Lipinski definition) is 4. The number of aryl methyl sites for hydroxylation is 1. The van der Waals surface area contributed by atoms with Crippen molar-refractivity contribution in [2.45, 2.75) is 39.2 Å². The van der Waals surface area contributed by atoms with Crippen LogP contribution in [-0.2, 0) is 9.84 Å². The number of carbonyl (C=O) groups excluding carboxylic acids is 1. The van der Waals surface area contributed by atoms with Crippen LogP contribution < -0.4 is 4.74 Å². The Morgan fingerprint density at radius 1 is 1.35 bits per heavy atom. The van der Waals surface area contributed by atoms with Gasteiger partial charge >= 0.3 is 0 Å². The minimum absolute atomic E-state index is 0.0570. The molecule has 1 aliphatic rings. The molecule has 1 amide bonds. The Hall–Kier alpha value is -1.56. The smallest absolute Gasteiger partial charge is 0.254 e. The Labute approximate surface area is 138 Å². The minimum Gasteiger partial charge on any atom is -0.496 e. The topological polar surface area (TPSA) is 63.7 Å². The lowest BCUT2D eigenvalue weighted by atomic mass is 9.95. The first-order valence-corrected chi connectivity index (χ1v) is 9.64. The van der Waals surface area contributed by atoms with Gasteiger partial charge in [0.1, 0.15) is 5.75 Å². The van der Waals surface area contributed by atoms with E-state index in [2.05, 4.69) is 13.8 Å². The van der Waals surface area contributed by atoms with E-state index in [1.54, 1.807) is 19.1 Å². The molecule has 128 valence electrons. The van der Waals surface area contributed by atoms with Crippen molar-refractivity contribution in [3.05, 3.63) is 28.8 Å². The maximum Gasteiger partial charge on any atom is 0.254 e. The summed E-state index contributed by atoms with van der Waals surface area (Å²) in [6.07, 6.45) is 0.511. The summed E-state index contributed by atoms with van der Waals surface area (Å²) in [5.41, 5.74) is 2.43. The number of sulfone groups is 1. The van der Waals surface area contributed by atoms with Crippen molar-refractivity contribution < 1.29 is 17.9 Å². The van der Waals surface area contributed by atoms with E-state index < -0.39 is 9.84 Å². The molecule has 1 unspecified atom stereocenters. The molecular weight excluding hydrogens is 314 g/mol. The summed E-state index contributed by atoms with van der Waals surface area (Å²) in [6, 6.07) is 3.51. The van der Waals surface area contributed by atoms with Gasteiger partial charge in [-0.2, -0.15) is 0 Å². The molecule has 0 N–H and O–H groups in total. The average molecular weight is 339 g/mol. The SMILES string of the molecule is COc1cc(C)c(C(=O)N(C)C2CCS(=O)(=O)C2)cc1C(C)C. The van der Waals surface area contributed by atoms with Crippen LogP contribution in [0.3, 0.4) is 0 Å². The lowest BCUT2D eigenvalue weighted by molar-refractivity contribution is 0.0747. The van der Waals surface area contributed by atoms with Crippen molar-refractivity contribution in [1.29, 1.82) is 0 Å². The highest BCUT2D eigenvalue weighted by atomic mass is 32.2. The summed E-state index contributed by atoms with van der Waals surface area (Å²) in [6.45, 7) is 5.97. The van der Waals surface area contributed by atoms with Gasteiger partial charge < -0.3 is 9.64 Å². The molecule has 1 aliphatic heterocycles. The van der Waals surface area contributed by atoms with E-state index >= 15 is 0 Å². The molecule has 1 heterocycles. The Morgan fingerprint density at radius 3 is 2.48 bits per heavy atom. The lowest BCUT2D eigenvalue weighted by Gasteiger charge is -2.25. The van der Waals surface area contributed by atoms with Gasteiger partial charge in [0.2, 0.25) is 0 Å². The summed E-state index contributed by atoms with van der Waals surface area (Å²) >= 11 is 0. The Balaban J connectivity index is 2.34. The van der Waals surface area contributed by atoms with E-state index in [-0.39, 0.29) is 29.4 Å². The molecule has 0 bridgehead atoms. The fourth-order valence-electron chi connectivity index (χ4n) is 2.99. The zero-order valence-electron chi connectivity index (χ0n) is 14.4. The summed E-state index contributed by atoms with van der Waals surface area (Å²) in [5, 5.41) is 0. The number of amides is 1. The number of methoxy groups -OCH3 is 1. The highest BCUT2D eigenvalue weighted by molar-refractivity contribution is 7.91. The van der Waals surface area contributed by atoms with E-state index in [1.165, 1.54) is 0 Å². The highest BCUT2D eigenvalue weighted by Crippen LogP contribution is 2.30. The van der Waals surface area contributed by atoms with Crippen LogP contribution >= 0.6 is 0 Å². The van der Waals surface area contributed by atoms with E-state index in [4.69, 9.17) is 4.74 Å². The predicted octanol–water partition coefficient (Wildman–Crippen LogP) is 2.39. The van der Waals surface area contributed by atoms with Gasteiger partial charge in [0.15, 0.2) is 9.84 Å². The standard InChI is InChI=1S/C17H25NO4S/c1-11(2)14-9-15(12(3)8-16(14)22-5)17(19)18(4)13-6-7-23(20,21)10-13/h8-9,11,13H,6-7,10H2,1-5H3. The maximum atomic E-state index is 12.8. The molecule has 0 spiro atoms. The number of ether oxygens (including phenoxy) is 1. The van der Waals surface area contributed by atoms with Gasteiger partial charge in [-0.15, -0.1) is 0 Å². The van der Waals surface area contributed by atoms with Gasteiger partial charge in [0, 0.05) is 18.7 Å². The number of benzene rings is 1. The third kappa shape index (κ3) is 3.68. The van der Waals surface area contributed by atoms with Crippen molar-refractivity contribution in [2.75, 3.05) is 25.7 Å². The molecule has 1 aromatic rings. The van der Waals surface area contributed by atoms with E-state index in [1.807, 2.05) is 19.1 Å². The molecule has 1 saturated heterocycles. The molecule has 0 saturated carbocycles. The second-order valence-electron chi connectivity index (χ2n) is 6.54. The summed E-state index contributed by atoms with van der Waals surface area (Å²) in [5.74, 6) is 1.10. The molecule has 0 aliphatic carbocycles. The van der Waals surface area contributed by atoms with Gasteiger partial charge in [0.05, 0.1) is 18.6 Å². The Bertz CT molecular complexity index is 710. The van der Waals surface area contributed by atoms with Crippen LogP contribution in [0.4, 0.5) is 0 Å². The highest BCUT2D eigenvalue weighted by Gasteiger charge is 2.33. The monoisotopic (exact) mass is 339 g/mol. The number of nitrogens with zero attached hydrogens (tertiary/aromatic N) is 1. The van der Waals surface area contributed by atoms with Gasteiger partial charge in [-0.05, 0) is 42.5 Å². The normalized spacial score (nSPS) is 19.8. The number of carbonyl (C=O) groups is 1. The maximum absolute atomic E-state index is 12.8. The summed E-state index contributed by atoms with van der Waals surface area (Å²) in [4.78, 5) is 14.4. The van der Waals surface area contributed by atoms with Gasteiger partial charge in [-0.3, -0.25) is 4.79 Å². The number of hydrogen-bond donors (Lipinski definition) is 0. The third-order valence-corrected chi connectivity index (χ3v) is 6.26. The third-order valence-electron chi connectivity index (χ3n) is 4.51. The zero-order valence-corrected chi connectivity index (χ0v) is 15.2. The van der Waals surface area contributed by atoms with Crippen molar-refractivity contribution in [2.24, 2.45) is 0 Å². The van der Waals surface area contributed by atoms with Crippen LogP contribution in [-0.4, -0.2) is 50.9 Å².